The molecule has 0 aromatic carbocycles. The lowest BCUT2D eigenvalue weighted by Gasteiger charge is -2.20. The first-order valence-corrected chi connectivity index (χ1v) is 5.54. The summed E-state index contributed by atoms with van der Waals surface area (Å²) in [4.78, 5) is 10.3. The molecule has 5 heteroatoms. The van der Waals surface area contributed by atoms with Crippen molar-refractivity contribution in [3.05, 3.63) is 36.0 Å². The normalized spacial score (nSPS) is 10.5. The summed E-state index contributed by atoms with van der Waals surface area (Å²) in [5.74, 6) is 1.43. The van der Waals surface area contributed by atoms with E-state index in [9.17, 15) is 0 Å². The predicted octanol–water partition coefficient (Wildman–Crippen LogP) is 1.85. The molecule has 0 aliphatic rings. The maximum Gasteiger partial charge on any atom is 0.137 e. The molecule has 0 saturated heterocycles. The van der Waals surface area contributed by atoms with Crippen molar-refractivity contribution in [3.63, 3.8) is 0 Å². The summed E-state index contributed by atoms with van der Waals surface area (Å²) in [6.07, 6.45) is 5.71. The fourth-order valence-electron chi connectivity index (χ4n) is 1.82. The van der Waals surface area contributed by atoms with E-state index in [0.29, 0.717) is 5.82 Å². The van der Waals surface area contributed by atoms with E-state index in [2.05, 4.69) is 9.97 Å². The van der Waals surface area contributed by atoms with E-state index in [1.165, 1.54) is 6.33 Å². The third kappa shape index (κ3) is 2.38. The predicted molar refractivity (Wildman–Crippen MR) is 66.6 cm³/mol. The van der Waals surface area contributed by atoms with E-state index < -0.39 is 0 Å². The molecule has 2 N–H and O–H groups in total. The van der Waals surface area contributed by atoms with E-state index in [1.807, 2.05) is 24.9 Å². The molecule has 2 rings (SSSR count). The van der Waals surface area contributed by atoms with Crippen LogP contribution in [0.25, 0.3) is 0 Å². The summed E-state index contributed by atoms with van der Waals surface area (Å²) in [5, 5.41) is 0. The van der Waals surface area contributed by atoms with E-state index in [0.717, 1.165) is 29.9 Å². The number of nitrogens with two attached hydrogens (primary N) is 1. The van der Waals surface area contributed by atoms with Gasteiger partial charge in [-0.15, -0.1) is 0 Å². The summed E-state index contributed by atoms with van der Waals surface area (Å²) in [5.41, 5.74) is 7.93. The van der Waals surface area contributed by atoms with Crippen LogP contribution in [0.4, 0.5) is 11.6 Å². The van der Waals surface area contributed by atoms with Gasteiger partial charge in [-0.3, -0.25) is 0 Å². The summed E-state index contributed by atoms with van der Waals surface area (Å²) in [7, 11) is 1.98. The quantitative estimate of drug-likeness (QED) is 0.871. The zero-order valence-corrected chi connectivity index (χ0v) is 10.1. The van der Waals surface area contributed by atoms with Crippen LogP contribution in [-0.4, -0.2) is 17.0 Å². The van der Waals surface area contributed by atoms with Crippen LogP contribution in [0.3, 0.4) is 0 Å². The maximum atomic E-state index is 5.85. The molecule has 0 amide bonds. The molecule has 0 aliphatic carbocycles. The van der Waals surface area contributed by atoms with Gasteiger partial charge in [0.25, 0.3) is 0 Å². The summed E-state index contributed by atoms with van der Waals surface area (Å²) in [6.45, 7) is 2.78. The van der Waals surface area contributed by atoms with Crippen molar-refractivity contribution in [3.8, 4) is 0 Å². The molecule has 0 spiro atoms. The largest absolute Gasteiger partial charge is 0.472 e. The average molecular weight is 232 g/mol. The first-order valence-electron chi connectivity index (χ1n) is 5.54. The van der Waals surface area contributed by atoms with Crippen LogP contribution >= 0.6 is 0 Å². The molecule has 2 aromatic heterocycles. The van der Waals surface area contributed by atoms with E-state index >= 15 is 0 Å². The SMILES string of the molecule is CCc1c(N)ncnc1N(C)Cc1ccoc1. The van der Waals surface area contributed by atoms with Crippen LogP contribution in [-0.2, 0) is 13.0 Å². The molecule has 0 fully saturated rings. The molecule has 5 nitrogen and oxygen atoms in total. The maximum absolute atomic E-state index is 5.85. The van der Waals surface area contributed by atoms with Gasteiger partial charge in [-0.05, 0) is 12.5 Å². The Kier molecular flexibility index (Phi) is 3.27. The minimum absolute atomic E-state index is 0.552. The molecule has 2 heterocycles. The van der Waals surface area contributed by atoms with Gasteiger partial charge in [0.15, 0.2) is 0 Å². The molecular formula is C12H16N4O. The molecule has 90 valence electrons. The highest BCUT2D eigenvalue weighted by molar-refractivity contribution is 5.56. The zero-order valence-electron chi connectivity index (χ0n) is 10.1. The number of hydrogen-bond donors (Lipinski definition) is 1. The van der Waals surface area contributed by atoms with E-state index in [1.54, 1.807) is 12.5 Å². The molecule has 0 bridgehead atoms. The van der Waals surface area contributed by atoms with Crippen molar-refractivity contribution in [1.29, 1.82) is 0 Å². The van der Waals surface area contributed by atoms with Crippen LogP contribution in [0.5, 0.6) is 0 Å². The Balaban J connectivity index is 2.24. The number of furan rings is 1. The molecule has 0 saturated carbocycles. The van der Waals surface area contributed by atoms with Crippen LogP contribution in [0.1, 0.15) is 18.1 Å². The van der Waals surface area contributed by atoms with Crippen molar-refractivity contribution >= 4 is 11.6 Å². The number of nitrogens with zero attached hydrogens (tertiary/aromatic N) is 3. The fraction of sp³-hybridized carbons (Fsp3) is 0.333. The van der Waals surface area contributed by atoms with Gasteiger partial charge in [0.2, 0.25) is 0 Å². The molecule has 0 atom stereocenters. The minimum Gasteiger partial charge on any atom is -0.472 e. The second kappa shape index (κ2) is 4.86. The second-order valence-electron chi connectivity index (χ2n) is 3.90. The lowest BCUT2D eigenvalue weighted by molar-refractivity contribution is 0.563. The topological polar surface area (TPSA) is 68.2 Å². The summed E-state index contributed by atoms with van der Waals surface area (Å²) >= 11 is 0. The highest BCUT2D eigenvalue weighted by atomic mass is 16.3. The van der Waals surface area contributed by atoms with Gasteiger partial charge in [-0.25, -0.2) is 9.97 Å². The monoisotopic (exact) mass is 232 g/mol. The minimum atomic E-state index is 0.552. The van der Waals surface area contributed by atoms with Crippen molar-refractivity contribution in [2.24, 2.45) is 0 Å². The standard InChI is InChI=1S/C12H16N4O/c1-3-10-11(13)14-8-15-12(10)16(2)6-9-4-5-17-7-9/h4-5,7-8H,3,6H2,1-2H3,(H2,13,14,15). The van der Waals surface area contributed by atoms with Gasteiger partial charge < -0.3 is 15.1 Å². The van der Waals surface area contributed by atoms with E-state index in [-0.39, 0.29) is 0 Å². The number of aromatic nitrogens is 2. The number of nitrogen functional groups attached to an aromatic ring is 1. The summed E-state index contributed by atoms with van der Waals surface area (Å²) in [6, 6.07) is 1.94. The Morgan fingerprint density at radius 1 is 1.41 bits per heavy atom. The van der Waals surface area contributed by atoms with Gasteiger partial charge in [0.1, 0.15) is 18.0 Å². The Morgan fingerprint density at radius 3 is 2.88 bits per heavy atom. The van der Waals surface area contributed by atoms with Gasteiger partial charge in [-0.1, -0.05) is 6.92 Å². The lowest BCUT2D eigenvalue weighted by Crippen LogP contribution is -2.20. The van der Waals surface area contributed by atoms with Crippen LogP contribution in [0.2, 0.25) is 0 Å². The first-order chi connectivity index (χ1) is 8.22. The van der Waals surface area contributed by atoms with Crippen LogP contribution in [0, 0.1) is 0 Å². The van der Waals surface area contributed by atoms with E-state index in [4.69, 9.17) is 10.2 Å². The first kappa shape index (κ1) is 11.4. The average Bonchev–Trinajstić information content (AvgIpc) is 2.81. The number of rotatable bonds is 4. The van der Waals surface area contributed by atoms with Crippen molar-refractivity contribution < 1.29 is 4.42 Å². The van der Waals surface area contributed by atoms with Crippen molar-refractivity contribution in [2.75, 3.05) is 17.7 Å². The van der Waals surface area contributed by atoms with Crippen LogP contribution < -0.4 is 10.6 Å². The van der Waals surface area contributed by atoms with Gasteiger partial charge in [0, 0.05) is 24.7 Å². The van der Waals surface area contributed by atoms with Gasteiger partial charge >= 0.3 is 0 Å². The third-order valence-corrected chi connectivity index (χ3v) is 2.67. The Labute approximate surface area is 100 Å². The molecule has 0 aliphatic heterocycles. The highest BCUT2D eigenvalue weighted by Gasteiger charge is 2.12. The highest BCUT2D eigenvalue weighted by Crippen LogP contribution is 2.22. The fourth-order valence-corrected chi connectivity index (χ4v) is 1.82. The molecule has 0 unspecified atom stereocenters. The van der Waals surface area contributed by atoms with Gasteiger partial charge in [-0.2, -0.15) is 0 Å². The Morgan fingerprint density at radius 2 is 2.24 bits per heavy atom. The van der Waals surface area contributed by atoms with Crippen LogP contribution in [0.15, 0.2) is 29.3 Å². The Hall–Kier alpha value is -2.04. The molecule has 2 aromatic rings. The lowest BCUT2D eigenvalue weighted by atomic mass is 10.2. The van der Waals surface area contributed by atoms with Crippen molar-refractivity contribution in [2.45, 2.75) is 19.9 Å². The second-order valence-corrected chi connectivity index (χ2v) is 3.90. The zero-order chi connectivity index (χ0) is 12.3. The third-order valence-electron chi connectivity index (χ3n) is 2.67. The molecule has 0 radical (unpaired) electrons. The number of anilines is 2. The van der Waals surface area contributed by atoms with Crippen molar-refractivity contribution in [1.82, 2.24) is 9.97 Å². The van der Waals surface area contributed by atoms with Gasteiger partial charge in [0.05, 0.1) is 12.5 Å². The number of hydrogen-bond acceptors (Lipinski definition) is 5. The molecular weight excluding hydrogens is 216 g/mol. The molecule has 17 heavy (non-hydrogen) atoms. The summed E-state index contributed by atoms with van der Waals surface area (Å²) < 4.78 is 5.05. The smallest absolute Gasteiger partial charge is 0.137 e. The Bertz CT molecular complexity index is 481.